The predicted molar refractivity (Wildman–Crippen MR) is 108 cm³/mol. The number of nitrogens with one attached hydrogen (secondary N) is 1. The first-order valence-electron chi connectivity index (χ1n) is 9.47. The summed E-state index contributed by atoms with van der Waals surface area (Å²) in [6.45, 7) is -3.72. The Labute approximate surface area is 184 Å². The Bertz CT molecular complexity index is 1090. The zero-order valence-corrected chi connectivity index (χ0v) is 17.2. The third kappa shape index (κ3) is 4.03. The Morgan fingerprint density at radius 1 is 1.12 bits per heavy atom. The number of anilines is 1. The van der Waals surface area contributed by atoms with Gasteiger partial charge in [0.25, 0.3) is 11.8 Å². The summed E-state index contributed by atoms with van der Waals surface area (Å²) in [5.41, 5.74) is 0.648. The molecule has 32 heavy (non-hydrogen) atoms. The smallest absolute Gasteiger partial charge is 0.387 e. The van der Waals surface area contributed by atoms with Gasteiger partial charge in [0.05, 0.1) is 5.69 Å². The van der Waals surface area contributed by atoms with Crippen LogP contribution in [-0.4, -0.2) is 41.8 Å². The van der Waals surface area contributed by atoms with Crippen LogP contribution in [0, 0.1) is 0 Å². The summed E-state index contributed by atoms with van der Waals surface area (Å²) in [5.74, 6) is -2.77. The lowest BCUT2D eigenvalue weighted by molar-refractivity contribution is -0.150. The lowest BCUT2D eigenvalue weighted by Crippen LogP contribution is -2.48. The molecule has 0 saturated carbocycles. The molecule has 0 aromatic heterocycles. The quantitative estimate of drug-likeness (QED) is 0.659. The van der Waals surface area contributed by atoms with Crippen molar-refractivity contribution in [3.05, 3.63) is 54.1 Å². The number of fused-ring (bicyclic) bond motifs is 3. The lowest BCUT2D eigenvalue weighted by atomic mass is 10.2. The van der Waals surface area contributed by atoms with Crippen LogP contribution in [0.4, 0.5) is 14.5 Å². The van der Waals surface area contributed by atoms with Crippen molar-refractivity contribution in [3.63, 3.8) is 0 Å². The first kappa shape index (κ1) is 21.8. The molecule has 1 fully saturated rings. The van der Waals surface area contributed by atoms with E-state index in [4.69, 9.17) is 4.74 Å². The van der Waals surface area contributed by atoms with Gasteiger partial charge in [-0.2, -0.15) is 8.78 Å². The second-order valence-corrected chi connectivity index (χ2v) is 8.26. The maximum absolute atomic E-state index is 12.9. The molecule has 1 N–H and O–H groups in total. The van der Waals surface area contributed by atoms with Crippen molar-refractivity contribution in [1.29, 1.82) is 0 Å². The second-order valence-electron chi connectivity index (χ2n) is 6.94. The molecule has 1 unspecified atom stereocenters. The van der Waals surface area contributed by atoms with Crippen LogP contribution in [0.1, 0.15) is 23.2 Å². The van der Waals surface area contributed by atoms with Crippen molar-refractivity contribution in [2.75, 3.05) is 11.5 Å². The van der Waals surface area contributed by atoms with Gasteiger partial charge in [-0.05, 0) is 36.4 Å². The molecule has 2 heterocycles. The fraction of sp³-hybridized carbons (Fsp3) is 0.238. The third-order valence-corrected chi connectivity index (χ3v) is 6.38. The Balaban J connectivity index is 1.36. The van der Waals surface area contributed by atoms with Crippen LogP contribution < -0.4 is 15.0 Å². The average Bonchev–Trinajstić information content (AvgIpc) is 3.27. The molecule has 0 spiro atoms. The molecule has 166 valence electrons. The molecule has 2 aliphatic heterocycles. The van der Waals surface area contributed by atoms with Gasteiger partial charge in [0.15, 0.2) is 11.5 Å². The number of imide groups is 1. The molecule has 2 aromatic carbocycles. The number of ether oxygens (including phenoxy) is 2. The van der Waals surface area contributed by atoms with E-state index in [9.17, 15) is 28.0 Å². The van der Waals surface area contributed by atoms with Crippen LogP contribution in [0.3, 0.4) is 0 Å². The standard InChI is InChI=1S/C21H16F2N2O6S/c22-20(23)31-13-7-5-12(6-8-13)18(28)24-16(26)11-30-19(29)21-10-9-17(27)25(21)14-3-1-2-4-15(14)32-21/h1-8,20H,9-11H2,(H,24,26,28). The number of thioether (sulfide) groups is 1. The number of carbonyl (C=O) groups is 4. The van der Waals surface area contributed by atoms with Crippen molar-refractivity contribution >= 4 is 41.1 Å². The first-order valence-corrected chi connectivity index (χ1v) is 10.3. The Morgan fingerprint density at radius 2 is 1.84 bits per heavy atom. The monoisotopic (exact) mass is 462 g/mol. The Hall–Kier alpha value is -3.47. The minimum atomic E-state index is -3.00. The minimum absolute atomic E-state index is 0.0271. The van der Waals surface area contributed by atoms with E-state index in [-0.39, 0.29) is 30.1 Å². The number of alkyl halides is 2. The van der Waals surface area contributed by atoms with Crippen LogP contribution in [0.5, 0.6) is 5.75 Å². The SMILES string of the molecule is O=C(COC(=O)C12CCC(=O)N1c1ccccc1S2)NC(=O)c1ccc(OC(F)F)cc1. The van der Waals surface area contributed by atoms with Gasteiger partial charge < -0.3 is 9.47 Å². The molecule has 4 rings (SSSR count). The highest BCUT2D eigenvalue weighted by Crippen LogP contribution is 2.56. The molecule has 0 radical (unpaired) electrons. The first-order chi connectivity index (χ1) is 15.3. The van der Waals surface area contributed by atoms with E-state index in [2.05, 4.69) is 10.1 Å². The molecule has 11 heteroatoms. The molecule has 0 bridgehead atoms. The van der Waals surface area contributed by atoms with Crippen LogP contribution >= 0.6 is 11.8 Å². The number of nitrogens with zero attached hydrogens (tertiary/aromatic N) is 1. The zero-order chi connectivity index (χ0) is 22.9. The van der Waals surface area contributed by atoms with Gasteiger partial charge in [0, 0.05) is 23.3 Å². The van der Waals surface area contributed by atoms with Gasteiger partial charge in [-0.1, -0.05) is 23.9 Å². The molecule has 2 aromatic rings. The van der Waals surface area contributed by atoms with Gasteiger partial charge in [-0.3, -0.25) is 24.6 Å². The van der Waals surface area contributed by atoms with Gasteiger partial charge in [0.2, 0.25) is 5.91 Å². The number of esters is 1. The second kappa shape index (κ2) is 8.58. The Kier molecular flexibility index (Phi) is 5.83. The number of hydrogen-bond acceptors (Lipinski definition) is 7. The van der Waals surface area contributed by atoms with E-state index in [1.807, 2.05) is 0 Å². The van der Waals surface area contributed by atoms with E-state index in [1.165, 1.54) is 28.8 Å². The number of amides is 3. The largest absolute Gasteiger partial charge is 0.453 e. The fourth-order valence-corrected chi connectivity index (χ4v) is 4.95. The number of halogens is 2. The van der Waals surface area contributed by atoms with Crippen molar-refractivity contribution in [3.8, 4) is 5.75 Å². The van der Waals surface area contributed by atoms with Crippen molar-refractivity contribution in [2.24, 2.45) is 0 Å². The maximum atomic E-state index is 12.9. The molecule has 8 nitrogen and oxygen atoms in total. The number of carbonyl (C=O) groups excluding carboxylic acids is 4. The van der Waals surface area contributed by atoms with Gasteiger partial charge in [0.1, 0.15) is 5.75 Å². The third-order valence-electron chi connectivity index (χ3n) is 4.92. The minimum Gasteiger partial charge on any atom is -0.453 e. The number of rotatable bonds is 6. The highest BCUT2D eigenvalue weighted by molar-refractivity contribution is 8.02. The molecular weight excluding hydrogens is 446 g/mol. The van der Waals surface area contributed by atoms with Gasteiger partial charge in [-0.25, -0.2) is 4.79 Å². The summed E-state index contributed by atoms with van der Waals surface area (Å²) < 4.78 is 33.7. The van der Waals surface area contributed by atoms with E-state index in [0.29, 0.717) is 5.69 Å². The highest BCUT2D eigenvalue weighted by atomic mass is 32.2. The van der Waals surface area contributed by atoms with E-state index >= 15 is 0 Å². The molecule has 0 aliphatic carbocycles. The van der Waals surface area contributed by atoms with Crippen LogP contribution in [-0.2, 0) is 19.1 Å². The number of hydrogen-bond donors (Lipinski definition) is 1. The summed E-state index contributed by atoms with van der Waals surface area (Å²) in [5, 5.41) is 2.05. The summed E-state index contributed by atoms with van der Waals surface area (Å²) in [4.78, 5) is 50.4. The summed E-state index contributed by atoms with van der Waals surface area (Å²) >= 11 is 1.20. The predicted octanol–water partition coefficient (Wildman–Crippen LogP) is 2.72. The van der Waals surface area contributed by atoms with Gasteiger partial charge in [-0.15, -0.1) is 0 Å². The lowest BCUT2D eigenvalue weighted by Gasteiger charge is -2.28. The highest BCUT2D eigenvalue weighted by Gasteiger charge is 2.58. The summed E-state index contributed by atoms with van der Waals surface area (Å²) in [6, 6.07) is 11.8. The van der Waals surface area contributed by atoms with E-state index in [0.717, 1.165) is 17.0 Å². The Morgan fingerprint density at radius 3 is 2.56 bits per heavy atom. The van der Waals surface area contributed by atoms with E-state index in [1.54, 1.807) is 24.3 Å². The van der Waals surface area contributed by atoms with Crippen LogP contribution in [0.2, 0.25) is 0 Å². The topological polar surface area (TPSA) is 102 Å². The zero-order valence-electron chi connectivity index (χ0n) is 16.4. The fourth-order valence-electron chi connectivity index (χ4n) is 3.54. The summed E-state index contributed by atoms with van der Waals surface area (Å²) in [7, 11) is 0. The van der Waals surface area contributed by atoms with Crippen LogP contribution in [0.15, 0.2) is 53.4 Å². The summed E-state index contributed by atoms with van der Waals surface area (Å²) in [6.07, 6.45) is 0.407. The molecule has 3 amide bonds. The van der Waals surface area contributed by atoms with E-state index < -0.39 is 35.9 Å². The molecule has 1 saturated heterocycles. The molecule has 1 atom stereocenters. The van der Waals surface area contributed by atoms with Crippen molar-refractivity contribution in [1.82, 2.24) is 5.32 Å². The average molecular weight is 462 g/mol. The van der Waals surface area contributed by atoms with Crippen molar-refractivity contribution < 1.29 is 37.4 Å². The number of para-hydroxylation sites is 1. The normalized spacial score (nSPS) is 18.8. The molecule has 2 aliphatic rings. The molecular formula is C21H16F2N2O6S. The van der Waals surface area contributed by atoms with Gasteiger partial charge >= 0.3 is 12.6 Å². The maximum Gasteiger partial charge on any atom is 0.387 e. The van der Waals surface area contributed by atoms with Crippen LogP contribution in [0.25, 0.3) is 0 Å². The number of benzene rings is 2. The van der Waals surface area contributed by atoms with Crippen molar-refractivity contribution in [2.45, 2.75) is 29.2 Å².